The van der Waals surface area contributed by atoms with Gasteiger partial charge in [0.1, 0.15) is 0 Å². The van der Waals surface area contributed by atoms with Crippen LogP contribution < -0.4 is 0 Å². The second-order valence-electron chi connectivity index (χ2n) is 3.74. The highest BCUT2D eigenvalue weighted by molar-refractivity contribution is 6.33. The van der Waals surface area contributed by atoms with Gasteiger partial charge in [0, 0.05) is 0 Å². The highest BCUT2D eigenvalue weighted by Gasteiger charge is 2.16. The summed E-state index contributed by atoms with van der Waals surface area (Å²) in [4.78, 5) is 11.4. The topological polar surface area (TPSA) is 26.3 Å². The van der Waals surface area contributed by atoms with Crippen molar-refractivity contribution in [1.82, 2.24) is 0 Å². The lowest BCUT2D eigenvalue weighted by Crippen LogP contribution is -2.11. The molecule has 0 fully saturated rings. The second kappa shape index (κ2) is 5.25. The Kier molecular flexibility index (Phi) is 4.24. The van der Waals surface area contributed by atoms with E-state index in [4.69, 9.17) is 16.3 Å². The average molecular weight is 249 g/mol. The molecule has 0 atom stereocenters. The molecule has 16 heavy (non-hydrogen) atoms. The maximum Gasteiger partial charge on any atom is 0.339 e. The van der Waals surface area contributed by atoms with Crippen LogP contribution in [0.2, 0.25) is 5.02 Å². The molecule has 0 saturated carbocycles. The van der Waals surface area contributed by atoms with Crippen molar-refractivity contribution in [2.45, 2.75) is 13.8 Å². The summed E-state index contributed by atoms with van der Waals surface area (Å²) in [6.45, 7) is 3.93. The van der Waals surface area contributed by atoms with Gasteiger partial charge in [-0.15, -0.1) is 0 Å². The van der Waals surface area contributed by atoms with Crippen LogP contribution in [0.25, 0.3) is 0 Å². The Morgan fingerprint density at radius 1 is 1.38 bits per heavy atom. The fourth-order valence-corrected chi connectivity index (χ4v) is 1.23. The molecular weight excluding hydrogens is 238 g/mol. The van der Waals surface area contributed by atoms with E-state index in [9.17, 15) is 13.6 Å². The molecule has 0 saturated heterocycles. The third-order valence-electron chi connectivity index (χ3n) is 1.78. The predicted molar refractivity (Wildman–Crippen MR) is 56.5 cm³/mol. The van der Waals surface area contributed by atoms with Gasteiger partial charge in [0.15, 0.2) is 11.6 Å². The maximum absolute atomic E-state index is 12.9. The van der Waals surface area contributed by atoms with Gasteiger partial charge in [-0.05, 0) is 18.1 Å². The van der Waals surface area contributed by atoms with Crippen molar-refractivity contribution in [3.63, 3.8) is 0 Å². The zero-order chi connectivity index (χ0) is 12.3. The Labute approximate surface area is 97.2 Å². The van der Waals surface area contributed by atoms with Crippen LogP contribution in [0.15, 0.2) is 12.1 Å². The Morgan fingerprint density at radius 2 is 1.94 bits per heavy atom. The van der Waals surface area contributed by atoms with Gasteiger partial charge in [-0.2, -0.15) is 0 Å². The summed E-state index contributed by atoms with van der Waals surface area (Å²) in [5.74, 6) is -2.81. The number of ether oxygens (including phenoxy) is 1. The number of carbonyl (C=O) groups is 1. The van der Waals surface area contributed by atoms with Crippen molar-refractivity contribution in [1.29, 1.82) is 0 Å². The smallest absolute Gasteiger partial charge is 0.339 e. The van der Waals surface area contributed by atoms with E-state index in [2.05, 4.69) is 0 Å². The summed E-state index contributed by atoms with van der Waals surface area (Å²) in [7, 11) is 0. The lowest BCUT2D eigenvalue weighted by atomic mass is 10.2. The number of rotatable bonds is 3. The van der Waals surface area contributed by atoms with Crippen molar-refractivity contribution in [3.8, 4) is 0 Å². The molecule has 0 aliphatic rings. The van der Waals surface area contributed by atoms with Crippen molar-refractivity contribution in [2.24, 2.45) is 5.92 Å². The van der Waals surface area contributed by atoms with E-state index in [1.165, 1.54) is 0 Å². The normalized spacial score (nSPS) is 10.6. The molecule has 88 valence electrons. The summed E-state index contributed by atoms with van der Waals surface area (Å²) in [6, 6.07) is 1.49. The Bertz CT molecular complexity index is 405. The summed E-state index contributed by atoms with van der Waals surface area (Å²) >= 11 is 5.60. The molecule has 0 aliphatic carbocycles. The van der Waals surface area contributed by atoms with Crippen LogP contribution in [0.4, 0.5) is 8.78 Å². The lowest BCUT2D eigenvalue weighted by Gasteiger charge is -2.08. The molecule has 0 spiro atoms. The van der Waals surface area contributed by atoms with Crippen LogP contribution in [0.3, 0.4) is 0 Å². The minimum atomic E-state index is -1.12. The summed E-state index contributed by atoms with van der Waals surface area (Å²) in [6.07, 6.45) is 0. The standard InChI is InChI=1S/C11H11ClF2O2/c1-6(2)5-16-11(15)7-3-9(13)10(14)4-8(7)12/h3-4,6H,5H2,1-2H3. The van der Waals surface area contributed by atoms with Gasteiger partial charge in [-0.25, -0.2) is 13.6 Å². The van der Waals surface area contributed by atoms with Gasteiger partial charge in [-0.3, -0.25) is 0 Å². The van der Waals surface area contributed by atoms with Crippen molar-refractivity contribution < 1.29 is 18.3 Å². The monoisotopic (exact) mass is 248 g/mol. The quantitative estimate of drug-likeness (QED) is 0.605. The number of halogens is 3. The minimum absolute atomic E-state index is 0.160. The molecule has 2 nitrogen and oxygen atoms in total. The predicted octanol–water partition coefficient (Wildman–Crippen LogP) is 3.43. The molecule has 1 rings (SSSR count). The largest absolute Gasteiger partial charge is 0.462 e. The van der Waals surface area contributed by atoms with E-state index < -0.39 is 17.6 Å². The Morgan fingerprint density at radius 3 is 2.50 bits per heavy atom. The van der Waals surface area contributed by atoms with Gasteiger partial charge in [0.05, 0.1) is 17.2 Å². The zero-order valence-electron chi connectivity index (χ0n) is 8.89. The summed E-state index contributed by atoms with van der Waals surface area (Å²) in [5.41, 5.74) is -0.166. The van der Waals surface area contributed by atoms with E-state index in [0.29, 0.717) is 0 Å². The van der Waals surface area contributed by atoms with Crippen molar-refractivity contribution in [2.75, 3.05) is 6.61 Å². The number of hydrogen-bond donors (Lipinski definition) is 0. The van der Waals surface area contributed by atoms with Gasteiger partial charge >= 0.3 is 5.97 Å². The van der Waals surface area contributed by atoms with Crippen LogP contribution in [0.1, 0.15) is 24.2 Å². The van der Waals surface area contributed by atoms with Crippen molar-refractivity contribution in [3.05, 3.63) is 34.4 Å². The fourth-order valence-electron chi connectivity index (χ4n) is 0.999. The zero-order valence-corrected chi connectivity index (χ0v) is 9.65. The van der Waals surface area contributed by atoms with Gasteiger partial charge in [-0.1, -0.05) is 25.4 Å². The molecule has 1 aromatic carbocycles. The van der Waals surface area contributed by atoms with E-state index >= 15 is 0 Å². The van der Waals surface area contributed by atoms with Crippen LogP contribution in [-0.4, -0.2) is 12.6 Å². The fraction of sp³-hybridized carbons (Fsp3) is 0.364. The number of hydrogen-bond acceptors (Lipinski definition) is 2. The molecule has 0 aromatic heterocycles. The second-order valence-corrected chi connectivity index (χ2v) is 4.15. The van der Waals surface area contributed by atoms with E-state index in [1.54, 1.807) is 0 Å². The van der Waals surface area contributed by atoms with Crippen LogP contribution in [-0.2, 0) is 4.74 Å². The van der Waals surface area contributed by atoms with E-state index in [0.717, 1.165) is 12.1 Å². The van der Waals surface area contributed by atoms with Gasteiger partial charge < -0.3 is 4.74 Å². The van der Waals surface area contributed by atoms with Gasteiger partial charge in [0.25, 0.3) is 0 Å². The number of carbonyl (C=O) groups excluding carboxylic acids is 1. The molecule has 1 aromatic rings. The minimum Gasteiger partial charge on any atom is -0.462 e. The van der Waals surface area contributed by atoms with Gasteiger partial charge in [0.2, 0.25) is 0 Å². The first-order valence-corrected chi connectivity index (χ1v) is 5.11. The average Bonchev–Trinajstić information content (AvgIpc) is 2.20. The Balaban J connectivity index is 2.87. The molecule has 0 heterocycles. The molecule has 0 bridgehead atoms. The van der Waals surface area contributed by atoms with E-state index in [1.807, 2.05) is 13.8 Å². The highest BCUT2D eigenvalue weighted by Crippen LogP contribution is 2.20. The summed E-state index contributed by atoms with van der Waals surface area (Å²) < 4.78 is 30.5. The summed E-state index contributed by atoms with van der Waals surface area (Å²) in [5, 5.41) is -0.160. The molecule has 0 unspecified atom stereocenters. The number of benzene rings is 1. The molecule has 0 amide bonds. The third kappa shape index (κ3) is 3.17. The van der Waals surface area contributed by atoms with Crippen LogP contribution >= 0.6 is 11.6 Å². The maximum atomic E-state index is 12.9. The Hall–Kier alpha value is -1.16. The SMILES string of the molecule is CC(C)COC(=O)c1cc(F)c(F)cc1Cl. The third-order valence-corrected chi connectivity index (χ3v) is 2.09. The lowest BCUT2D eigenvalue weighted by molar-refractivity contribution is 0.0458. The van der Waals surface area contributed by atoms with Crippen molar-refractivity contribution >= 4 is 17.6 Å². The first-order chi connectivity index (χ1) is 7.41. The van der Waals surface area contributed by atoms with Crippen LogP contribution in [0, 0.1) is 17.6 Å². The first-order valence-electron chi connectivity index (χ1n) is 4.73. The highest BCUT2D eigenvalue weighted by atomic mass is 35.5. The first kappa shape index (κ1) is 12.9. The molecule has 0 N–H and O–H groups in total. The number of esters is 1. The molecule has 0 aliphatic heterocycles. The molecule has 0 radical (unpaired) electrons. The molecule has 5 heteroatoms. The molecular formula is C11H11ClF2O2. The van der Waals surface area contributed by atoms with Crippen LogP contribution in [0.5, 0.6) is 0 Å². The van der Waals surface area contributed by atoms with E-state index in [-0.39, 0.29) is 23.1 Å².